The minimum absolute atomic E-state index is 0.168. The zero-order valence-electron chi connectivity index (χ0n) is 12.8. The van der Waals surface area contributed by atoms with Crippen molar-refractivity contribution in [3.63, 3.8) is 0 Å². The number of hydrogen-bond acceptors (Lipinski definition) is 4. The van der Waals surface area contributed by atoms with E-state index in [1.165, 1.54) is 0 Å². The summed E-state index contributed by atoms with van der Waals surface area (Å²) in [6.07, 6.45) is 0. The van der Waals surface area contributed by atoms with E-state index < -0.39 is 0 Å². The molecular formula is C20H12O3S. The van der Waals surface area contributed by atoms with Crippen molar-refractivity contribution in [2.75, 3.05) is 0 Å². The Labute approximate surface area is 142 Å². The second-order valence-corrected chi connectivity index (χ2v) is 6.80. The van der Waals surface area contributed by atoms with E-state index in [-0.39, 0.29) is 17.3 Å². The number of hydrogen-bond donors (Lipinski definition) is 0. The summed E-state index contributed by atoms with van der Waals surface area (Å²) in [4.78, 5) is 38.7. The molecule has 0 spiro atoms. The first kappa shape index (κ1) is 14.7. The van der Waals surface area contributed by atoms with E-state index in [0.717, 1.165) is 16.9 Å². The fraction of sp³-hybridized carbons (Fsp3) is 0.0500. The number of aryl methyl sites for hydroxylation is 1. The Hall–Kier alpha value is -2.85. The monoisotopic (exact) mass is 332 g/mol. The smallest absolute Gasteiger partial charge is 0.204 e. The molecule has 0 N–H and O–H groups in total. The van der Waals surface area contributed by atoms with Gasteiger partial charge in [-0.1, -0.05) is 54.1 Å². The average Bonchev–Trinajstić information content (AvgIpc) is 3.05. The lowest BCUT2D eigenvalue weighted by Crippen LogP contribution is -2.18. The third kappa shape index (κ3) is 2.15. The molecule has 0 atom stereocenters. The number of thiophene rings is 1. The van der Waals surface area contributed by atoms with Gasteiger partial charge in [-0.05, 0) is 13.0 Å². The number of benzene rings is 2. The molecule has 24 heavy (non-hydrogen) atoms. The molecule has 1 aliphatic rings. The molecule has 4 rings (SSSR count). The van der Waals surface area contributed by atoms with Gasteiger partial charge < -0.3 is 0 Å². The summed E-state index contributed by atoms with van der Waals surface area (Å²) in [5.74, 6) is -0.549. The molecule has 116 valence electrons. The Morgan fingerprint density at radius 3 is 2.12 bits per heavy atom. The van der Waals surface area contributed by atoms with Gasteiger partial charge in [-0.3, -0.25) is 14.4 Å². The van der Waals surface area contributed by atoms with Gasteiger partial charge in [0.25, 0.3) is 0 Å². The van der Waals surface area contributed by atoms with Crippen LogP contribution in [-0.2, 0) is 0 Å². The van der Waals surface area contributed by atoms with E-state index >= 15 is 0 Å². The molecule has 0 radical (unpaired) electrons. The summed E-state index contributed by atoms with van der Waals surface area (Å²) in [7, 11) is 0. The Morgan fingerprint density at radius 2 is 1.46 bits per heavy atom. The average molecular weight is 332 g/mol. The molecule has 2 aromatic carbocycles. The number of fused-ring (bicyclic) bond motifs is 2. The molecule has 0 fully saturated rings. The molecular weight excluding hydrogens is 320 g/mol. The summed E-state index contributed by atoms with van der Waals surface area (Å²) >= 11 is 1.10. The Bertz CT molecular complexity index is 957. The molecule has 1 heterocycles. The van der Waals surface area contributed by atoms with Gasteiger partial charge in [0.05, 0.1) is 9.75 Å². The van der Waals surface area contributed by atoms with Crippen LogP contribution >= 0.6 is 11.3 Å². The van der Waals surface area contributed by atoms with Crippen molar-refractivity contribution in [3.05, 3.63) is 92.2 Å². The van der Waals surface area contributed by atoms with Gasteiger partial charge in [0, 0.05) is 22.3 Å². The van der Waals surface area contributed by atoms with Gasteiger partial charge in [0.15, 0.2) is 5.78 Å². The van der Waals surface area contributed by atoms with Gasteiger partial charge in [0.2, 0.25) is 11.6 Å². The van der Waals surface area contributed by atoms with Gasteiger partial charge >= 0.3 is 0 Å². The van der Waals surface area contributed by atoms with E-state index in [4.69, 9.17) is 0 Å². The van der Waals surface area contributed by atoms with Crippen molar-refractivity contribution in [1.29, 1.82) is 0 Å². The highest BCUT2D eigenvalue weighted by Gasteiger charge is 2.32. The second-order valence-electron chi connectivity index (χ2n) is 5.75. The van der Waals surface area contributed by atoms with Crippen molar-refractivity contribution in [2.45, 2.75) is 6.92 Å². The fourth-order valence-electron chi connectivity index (χ4n) is 2.83. The van der Waals surface area contributed by atoms with Crippen LogP contribution in [0.4, 0.5) is 0 Å². The van der Waals surface area contributed by atoms with Gasteiger partial charge in [-0.15, -0.1) is 11.3 Å². The number of carbonyl (C=O) groups is 3. The number of rotatable bonds is 2. The van der Waals surface area contributed by atoms with E-state index in [1.54, 1.807) is 42.5 Å². The summed E-state index contributed by atoms with van der Waals surface area (Å²) in [6.45, 7) is 1.95. The highest BCUT2D eigenvalue weighted by atomic mass is 32.1. The lowest BCUT2D eigenvalue weighted by molar-refractivity contribution is 0.0982. The molecule has 1 aliphatic carbocycles. The van der Waals surface area contributed by atoms with E-state index in [2.05, 4.69) is 0 Å². The zero-order chi connectivity index (χ0) is 16.8. The largest absolute Gasteiger partial charge is 0.289 e. The lowest BCUT2D eigenvalue weighted by atomic mass is 9.89. The van der Waals surface area contributed by atoms with Crippen LogP contribution in [0.2, 0.25) is 0 Å². The van der Waals surface area contributed by atoms with Crippen LogP contribution in [0.15, 0.2) is 54.6 Å². The first-order chi connectivity index (χ1) is 11.6. The van der Waals surface area contributed by atoms with Crippen molar-refractivity contribution in [1.82, 2.24) is 0 Å². The third-order valence-corrected chi connectivity index (χ3v) is 5.27. The van der Waals surface area contributed by atoms with Crippen LogP contribution in [-0.4, -0.2) is 17.3 Å². The maximum absolute atomic E-state index is 12.6. The lowest BCUT2D eigenvalue weighted by Gasteiger charge is -2.12. The molecule has 0 unspecified atom stereocenters. The van der Waals surface area contributed by atoms with E-state index in [0.29, 0.717) is 32.0 Å². The van der Waals surface area contributed by atoms with Gasteiger partial charge in [0.1, 0.15) is 0 Å². The van der Waals surface area contributed by atoms with Crippen LogP contribution in [0, 0.1) is 6.92 Å². The summed E-state index contributed by atoms with van der Waals surface area (Å²) in [6, 6.07) is 15.6. The molecule has 3 nitrogen and oxygen atoms in total. The summed E-state index contributed by atoms with van der Waals surface area (Å²) in [5, 5.41) is 0. The highest BCUT2D eigenvalue weighted by molar-refractivity contribution is 7.17. The Morgan fingerprint density at radius 1 is 0.833 bits per heavy atom. The van der Waals surface area contributed by atoms with Crippen LogP contribution < -0.4 is 0 Å². The van der Waals surface area contributed by atoms with Crippen molar-refractivity contribution < 1.29 is 14.4 Å². The molecule has 0 saturated heterocycles. The Balaban J connectivity index is 1.80. The van der Waals surface area contributed by atoms with Gasteiger partial charge in [-0.2, -0.15) is 0 Å². The highest BCUT2D eigenvalue weighted by Crippen LogP contribution is 2.34. The first-order valence-corrected chi connectivity index (χ1v) is 8.31. The van der Waals surface area contributed by atoms with Crippen molar-refractivity contribution >= 4 is 28.7 Å². The number of carbonyl (C=O) groups excluding carboxylic acids is 3. The summed E-state index contributed by atoms with van der Waals surface area (Å²) in [5.41, 5.74) is 2.77. The summed E-state index contributed by atoms with van der Waals surface area (Å²) < 4.78 is 0. The normalized spacial score (nSPS) is 12.7. The minimum atomic E-state index is -0.195. The molecule has 0 bridgehead atoms. The van der Waals surface area contributed by atoms with Gasteiger partial charge in [-0.25, -0.2) is 0 Å². The standard InChI is InChI=1S/C20H12O3S/c1-11-6-8-12(9-7-11)17(21)16-10-15-18(22)13-4-2-3-5-14(13)19(23)20(15)24-16/h2-10H,1H3. The molecule has 0 saturated carbocycles. The molecule has 4 heteroatoms. The number of ketones is 3. The fourth-order valence-corrected chi connectivity index (χ4v) is 3.91. The Kier molecular flexibility index (Phi) is 3.28. The van der Waals surface area contributed by atoms with Crippen molar-refractivity contribution in [2.24, 2.45) is 0 Å². The van der Waals surface area contributed by atoms with Crippen molar-refractivity contribution in [3.8, 4) is 0 Å². The minimum Gasteiger partial charge on any atom is -0.289 e. The first-order valence-electron chi connectivity index (χ1n) is 7.50. The van der Waals surface area contributed by atoms with Crippen LogP contribution in [0.3, 0.4) is 0 Å². The molecule has 0 aliphatic heterocycles. The zero-order valence-corrected chi connectivity index (χ0v) is 13.6. The predicted octanol–water partition coefficient (Wildman–Crippen LogP) is 4.06. The molecule has 3 aromatic rings. The maximum atomic E-state index is 12.6. The topological polar surface area (TPSA) is 51.2 Å². The third-order valence-electron chi connectivity index (χ3n) is 4.14. The quantitative estimate of drug-likeness (QED) is 0.520. The molecule has 1 aromatic heterocycles. The van der Waals surface area contributed by atoms with E-state index in [9.17, 15) is 14.4 Å². The maximum Gasteiger partial charge on any atom is 0.204 e. The predicted molar refractivity (Wildman–Crippen MR) is 92.2 cm³/mol. The SMILES string of the molecule is Cc1ccc(C(=O)c2cc3c(s2)C(=O)c2ccccc2C3=O)cc1. The molecule has 0 amide bonds. The van der Waals surface area contributed by atoms with E-state index in [1.807, 2.05) is 19.1 Å². The second kappa shape index (κ2) is 5.35. The van der Waals surface area contributed by atoms with Crippen LogP contribution in [0.1, 0.15) is 52.0 Å². The van der Waals surface area contributed by atoms with Crippen LogP contribution in [0.25, 0.3) is 0 Å². The van der Waals surface area contributed by atoms with Crippen LogP contribution in [0.5, 0.6) is 0 Å².